The Hall–Kier alpha value is -0.180. The molecule has 0 heterocycles. The highest BCUT2D eigenvalue weighted by Crippen LogP contribution is 1.94. The summed E-state index contributed by atoms with van der Waals surface area (Å²) in [4.78, 5) is 9.32. The summed E-state index contributed by atoms with van der Waals surface area (Å²) >= 11 is 1.14. The Balaban J connectivity index is 2.49. The van der Waals surface area contributed by atoms with Gasteiger partial charge in [0.05, 0.1) is 12.0 Å². The van der Waals surface area contributed by atoms with E-state index in [1.54, 1.807) is 0 Å². The fourth-order valence-corrected chi connectivity index (χ4v) is 0.287. The van der Waals surface area contributed by atoms with E-state index in [2.05, 4.69) is 4.18 Å². The maximum atomic E-state index is 9.32. The third-order valence-electron chi connectivity index (χ3n) is 0.225. The lowest BCUT2D eigenvalue weighted by Gasteiger charge is -1.83. The Morgan fingerprint density at radius 3 is 2.83 bits per heavy atom. The van der Waals surface area contributed by atoms with Gasteiger partial charge in [0.1, 0.15) is 0 Å². The smallest absolute Gasteiger partial charge is 0.305 e. The molecular formula is C3H6O2S. The minimum atomic E-state index is 0.425. The number of hydrogen-bond donors (Lipinski definition) is 0. The van der Waals surface area contributed by atoms with Gasteiger partial charge in [0, 0.05) is 5.75 Å². The molecule has 0 aromatic rings. The van der Waals surface area contributed by atoms with Crippen LogP contribution >= 0.6 is 12.0 Å². The lowest BCUT2D eigenvalue weighted by atomic mass is 11.0. The van der Waals surface area contributed by atoms with E-state index in [0.29, 0.717) is 6.47 Å². The summed E-state index contributed by atoms with van der Waals surface area (Å²) in [6, 6.07) is 0. The molecule has 0 aromatic carbocycles. The number of hydrogen-bond acceptors (Lipinski definition) is 3. The largest absolute Gasteiger partial charge is 0.394 e. The molecule has 3 heteroatoms. The van der Waals surface area contributed by atoms with E-state index in [0.717, 1.165) is 17.8 Å². The van der Waals surface area contributed by atoms with Crippen LogP contribution in [0.1, 0.15) is 6.92 Å². The van der Waals surface area contributed by atoms with Gasteiger partial charge >= 0.3 is 6.47 Å². The van der Waals surface area contributed by atoms with E-state index >= 15 is 0 Å². The highest BCUT2D eigenvalue weighted by Gasteiger charge is 1.73. The van der Waals surface area contributed by atoms with Crippen molar-refractivity contribution < 1.29 is 8.98 Å². The monoisotopic (exact) mass is 106 g/mol. The molecule has 0 aliphatic carbocycles. The lowest BCUT2D eigenvalue weighted by molar-refractivity contribution is -0.119. The van der Waals surface area contributed by atoms with Crippen LogP contribution in [0.2, 0.25) is 0 Å². The van der Waals surface area contributed by atoms with Gasteiger partial charge in [0.15, 0.2) is 0 Å². The van der Waals surface area contributed by atoms with Crippen LogP contribution in [0.15, 0.2) is 0 Å². The summed E-state index contributed by atoms with van der Waals surface area (Å²) < 4.78 is 4.22. The molecule has 0 N–H and O–H groups in total. The third-order valence-corrected chi connectivity index (χ3v) is 0.676. The number of rotatable bonds is 3. The summed E-state index contributed by atoms with van der Waals surface area (Å²) in [5, 5.41) is 0. The zero-order valence-electron chi connectivity index (χ0n) is 3.51. The molecule has 0 saturated heterocycles. The first kappa shape index (κ1) is 5.82. The minimum absolute atomic E-state index is 0.425. The zero-order valence-corrected chi connectivity index (χ0v) is 4.33. The highest BCUT2D eigenvalue weighted by atomic mass is 32.2. The second kappa shape index (κ2) is 4.82. The Labute approximate surface area is 41.1 Å². The van der Waals surface area contributed by atoms with Gasteiger partial charge in [-0.2, -0.15) is 0 Å². The summed E-state index contributed by atoms with van der Waals surface area (Å²) in [5.74, 6) is 0.818. The molecule has 0 aromatic heterocycles. The van der Waals surface area contributed by atoms with E-state index < -0.39 is 0 Å². The average Bonchev–Trinajstić information content (AvgIpc) is 1.61. The van der Waals surface area contributed by atoms with Crippen LogP contribution in [0.4, 0.5) is 0 Å². The predicted molar refractivity (Wildman–Crippen MR) is 25.3 cm³/mol. The van der Waals surface area contributed by atoms with Crippen LogP contribution < -0.4 is 0 Å². The van der Waals surface area contributed by atoms with Gasteiger partial charge < -0.3 is 4.18 Å². The second-order valence-corrected chi connectivity index (χ2v) is 1.60. The van der Waals surface area contributed by atoms with E-state index in [-0.39, 0.29) is 0 Å². The number of carbonyl (C=O) groups excluding carboxylic acids is 1. The van der Waals surface area contributed by atoms with Crippen LogP contribution in [-0.4, -0.2) is 12.2 Å². The normalized spacial score (nSPS) is 7.50. The van der Waals surface area contributed by atoms with E-state index in [9.17, 15) is 4.79 Å². The summed E-state index contributed by atoms with van der Waals surface area (Å²) in [7, 11) is 0. The Bertz CT molecular complexity index is 37.8. The molecule has 0 rings (SSSR count). The van der Waals surface area contributed by atoms with E-state index in [1.807, 2.05) is 6.92 Å². The van der Waals surface area contributed by atoms with Crippen molar-refractivity contribution in [2.45, 2.75) is 6.92 Å². The minimum Gasteiger partial charge on any atom is -0.394 e. The topological polar surface area (TPSA) is 26.3 Å². The van der Waals surface area contributed by atoms with Crippen LogP contribution in [0, 0.1) is 0 Å². The van der Waals surface area contributed by atoms with Crippen molar-refractivity contribution >= 4 is 18.5 Å². The molecule has 0 fully saturated rings. The van der Waals surface area contributed by atoms with Crippen LogP contribution in [0.3, 0.4) is 0 Å². The fourth-order valence-electron chi connectivity index (χ4n) is 0.0958. The van der Waals surface area contributed by atoms with Crippen LogP contribution in [-0.2, 0) is 8.98 Å². The molecular weight excluding hydrogens is 100 g/mol. The highest BCUT2D eigenvalue weighted by molar-refractivity contribution is 7.94. The molecule has 0 radical (unpaired) electrons. The van der Waals surface area contributed by atoms with Crippen LogP contribution in [0.5, 0.6) is 0 Å². The molecule has 36 valence electrons. The summed E-state index contributed by atoms with van der Waals surface area (Å²) in [5.41, 5.74) is 0. The predicted octanol–water partition coefficient (Wildman–Crippen LogP) is 0.827. The first-order valence-electron chi connectivity index (χ1n) is 1.63. The van der Waals surface area contributed by atoms with Crippen molar-refractivity contribution in [2.75, 3.05) is 5.75 Å². The van der Waals surface area contributed by atoms with Crippen molar-refractivity contribution in [3.8, 4) is 0 Å². The quantitative estimate of drug-likeness (QED) is 0.303. The molecule has 0 saturated carbocycles. The van der Waals surface area contributed by atoms with Crippen molar-refractivity contribution in [1.29, 1.82) is 0 Å². The van der Waals surface area contributed by atoms with Gasteiger partial charge in [0.25, 0.3) is 0 Å². The standard InChI is InChI=1S/C3H6O2S/c1-2-6-5-3-4/h3H,2H2,1H3. The van der Waals surface area contributed by atoms with Gasteiger partial charge in [0.2, 0.25) is 0 Å². The van der Waals surface area contributed by atoms with Crippen LogP contribution in [0.25, 0.3) is 0 Å². The molecule has 0 aliphatic rings. The van der Waals surface area contributed by atoms with Gasteiger partial charge in [-0.25, -0.2) is 0 Å². The van der Waals surface area contributed by atoms with Gasteiger partial charge in [-0.1, -0.05) is 6.92 Å². The van der Waals surface area contributed by atoms with Crippen molar-refractivity contribution in [2.24, 2.45) is 0 Å². The van der Waals surface area contributed by atoms with Crippen molar-refractivity contribution in [3.05, 3.63) is 0 Å². The molecule has 0 amide bonds. The van der Waals surface area contributed by atoms with Crippen molar-refractivity contribution in [3.63, 3.8) is 0 Å². The zero-order chi connectivity index (χ0) is 4.83. The Kier molecular flexibility index (Phi) is 4.68. The Morgan fingerprint density at radius 1 is 2.00 bits per heavy atom. The van der Waals surface area contributed by atoms with Gasteiger partial charge in [-0.05, 0) is 0 Å². The molecule has 2 nitrogen and oxygen atoms in total. The average molecular weight is 106 g/mol. The summed E-state index contributed by atoms with van der Waals surface area (Å²) in [6.07, 6.45) is 0. The van der Waals surface area contributed by atoms with Crippen molar-refractivity contribution in [1.82, 2.24) is 0 Å². The van der Waals surface area contributed by atoms with Gasteiger partial charge in [-0.3, -0.25) is 4.79 Å². The second-order valence-electron chi connectivity index (χ2n) is 0.599. The maximum absolute atomic E-state index is 9.32. The van der Waals surface area contributed by atoms with E-state index in [1.165, 1.54) is 0 Å². The first-order chi connectivity index (χ1) is 2.91. The third kappa shape index (κ3) is 3.82. The van der Waals surface area contributed by atoms with E-state index in [4.69, 9.17) is 0 Å². The molecule has 0 bridgehead atoms. The molecule has 0 atom stereocenters. The Morgan fingerprint density at radius 2 is 2.67 bits per heavy atom. The molecule has 0 aliphatic heterocycles. The molecule has 0 unspecified atom stereocenters. The molecule has 0 spiro atoms. The summed E-state index contributed by atoms with van der Waals surface area (Å²) in [6.45, 7) is 2.34. The fraction of sp³-hybridized carbons (Fsp3) is 0.667. The molecule has 6 heavy (non-hydrogen) atoms. The lowest BCUT2D eigenvalue weighted by Crippen LogP contribution is -1.71. The number of carbonyl (C=O) groups is 1. The maximum Gasteiger partial charge on any atom is 0.305 e. The van der Waals surface area contributed by atoms with Gasteiger partial charge in [-0.15, -0.1) is 0 Å². The first-order valence-corrected chi connectivity index (χ1v) is 2.54. The SMILES string of the molecule is CCSOC=O.